The zero-order valence-electron chi connectivity index (χ0n) is 18.0. The first-order valence-corrected chi connectivity index (χ1v) is 11.3. The standard InChI is InChI=1S/C24H26ClN3O2S/c1-16(2)27-13-11-24(12-14-27)26-21(17-7-9-19(25)10-8-17)23(31)28(24)22(29)18-5-4-6-20(15-18)30-3/h4-10,15-16H,11-14H2,1-3H3. The SMILES string of the molecule is COc1cccc(C(=O)N2C(=S)C(c3ccc(Cl)cc3)=NC23CCN(C(C)C)CC3)c1. The van der Waals surface area contributed by atoms with Gasteiger partial charge in [0.2, 0.25) is 0 Å². The second-order valence-electron chi connectivity index (χ2n) is 8.26. The molecule has 1 fully saturated rings. The van der Waals surface area contributed by atoms with Crippen molar-refractivity contribution in [2.24, 2.45) is 4.99 Å². The van der Waals surface area contributed by atoms with E-state index < -0.39 is 5.66 Å². The van der Waals surface area contributed by atoms with Crippen molar-refractivity contribution in [3.8, 4) is 5.75 Å². The van der Waals surface area contributed by atoms with Crippen LogP contribution in [-0.2, 0) is 0 Å². The van der Waals surface area contributed by atoms with Crippen LogP contribution in [0.15, 0.2) is 53.5 Å². The number of piperidine rings is 1. The summed E-state index contributed by atoms with van der Waals surface area (Å²) in [6, 6.07) is 15.1. The minimum Gasteiger partial charge on any atom is -0.497 e. The fourth-order valence-electron chi connectivity index (χ4n) is 4.30. The van der Waals surface area contributed by atoms with Crippen molar-refractivity contribution in [1.29, 1.82) is 0 Å². The van der Waals surface area contributed by atoms with E-state index in [1.807, 2.05) is 36.4 Å². The number of likely N-dealkylation sites (tertiary alicyclic amines) is 1. The Morgan fingerprint density at radius 2 is 1.84 bits per heavy atom. The molecular formula is C24H26ClN3O2S. The van der Waals surface area contributed by atoms with Crippen LogP contribution < -0.4 is 4.74 Å². The van der Waals surface area contributed by atoms with Crippen molar-refractivity contribution < 1.29 is 9.53 Å². The van der Waals surface area contributed by atoms with Crippen LogP contribution in [0.2, 0.25) is 5.02 Å². The average molecular weight is 456 g/mol. The molecular weight excluding hydrogens is 430 g/mol. The van der Waals surface area contributed by atoms with Crippen molar-refractivity contribution in [3.05, 3.63) is 64.7 Å². The molecule has 0 atom stereocenters. The van der Waals surface area contributed by atoms with Gasteiger partial charge < -0.3 is 9.64 Å². The number of carbonyl (C=O) groups excluding carboxylic acids is 1. The molecule has 7 heteroatoms. The molecule has 2 aromatic rings. The zero-order valence-corrected chi connectivity index (χ0v) is 19.5. The molecule has 0 aliphatic carbocycles. The van der Waals surface area contributed by atoms with Gasteiger partial charge in [0, 0.05) is 48.1 Å². The number of methoxy groups -OCH3 is 1. The lowest BCUT2D eigenvalue weighted by Gasteiger charge is -2.43. The lowest BCUT2D eigenvalue weighted by molar-refractivity contribution is 0.0482. The molecule has 0 N–H and O–H groups in total. The van der Waals surface area contributed by atoms with Gasteiger partial charge in [0.05, 0.1) is 7.11 Å². The number of nitrogens with zero attached hydrogens (tertiary/aromatic N) is 3. The van der Waals surface area contributed by atoms with Gasteiger partial charge in [-0.05, 0) is 44.2 Å². The maximum atomic E-state index is 13.7. The summed E-state index contributed by atoms with van der Waals surface area (Å²) in [5, 5.41) is 0.650. The highest BCUT2D eigenvalue weighted by Crippen LogP contribution is 2.38. The Balaban J connectivity index is 1.74. The fourth-order valence-corrected chi connectivity index (χ4v) is 4.84. The van der Waals surface area contributed by atoms with Crippen LogP contribution in [0.3, 0.4) is 0 Å². The summed E-state index contributed by atoms with van der Waals surface area (Å²) in [4.78, 5) is 23.4. The minimum absolute atomic E-state index is 0.144. The molecule has 1 amide bonds. The van der Waals surface area contributed by atoms with E-state index in [1.165, 1.54) is 0 Å². The molecule has 2 aliphatic rings. The number of hydrogen-bond acceptors (Lipinski definition) is 5. The molecule has 1 saturated heterocycles. The Morgan fingerprint density at radius 3 is 2.45 bits per heavy atom. The molecule has 31 heavy (non-hydrogen) atoms. The summed E-state index contributed by atoms with van der Waals surface area (Å²) in [6.07, 6.45) is 1.47. The first kappa shape index (κ1) is 21.9. The third-order valence-corrected chi connectivity index (χ3v) is 6.74. The number of rotatable bonds is 4. The van der Waals surface area contributed by atoms with Crippen molar-refractivity contribution >= 4 is 40.4 Å². The lowest BCUT2D eigenvalue weighted by atomic mass is 9.94. The van der Waals surface area contributed by atoms with E-state index in [2.05, 4.69) is 18.7 Å². The van der Waals surface area contributed by atoms with Crippen LogP contribution in [-0.4, -0.2) is 58.3 Å². The van der Waals surface area contributed by atoms with Gasteiger partial charge in [0.15, 0.2) is 0 Å². The van der Waals surface area contributed by atoms with Gasteiger partial charge in [-0.2, -0.15) is 0 Å². The van der Waals surface area contributed by atoms with E-state index in [-0.39, 0.29) is 5.91 Å². The molecule has 1 spiro atoms. The first-order chi connectivity index (χ1) is 14.8. The van der Waals surface area contributed by atoms with Crippen LogP contribution in [0.4, 0.5) is 0 Å². The van der Waals surface area contributed by atoms with Crippen LogP contribution in [0.5, 0.6) is 5.75 Å². The Morgan fingerprint density at radius 1 is 1.16 bits per heavy atom. The van der Waals surface area contributed by atoms with E-state index in [9.17, 15) is 4.79 Å². The molecule has 162 valence electrons. The number of carbonyl (C=O) groups is 1. The third kappa shape index (κ3) is 4.12. The number of thiocarbonyl (C=S) groups is 1. The number of halogens is 1. The fraction of sp³-hybridized carbons (Fsp3) is 0.375. The van der Waals surface area contributed by atoms with Crippen molar-refractivity contribution in [1.82, 2.24) is 9.80 Å². The number of aliphatic imine (C=N–C) groups is 1. The number of ether oxygens (including phenoxy) is 1. The van der Waals surface area contributed by atoms with Gasteiger partial charge >= 0.3 is 0 Å². The summed E-state index contributed by atoms with van der Waals surface area (Å²) >= 11 is 11.9. The van der Waals surface area contributed by atoms with Crippen LogP contribution in [0.1, 0.15) is 42.6 Å². The Kier molecular flexibility index (Phi) is 6.15. The van der Waals surface area contributed by atoms with Gasteiger partial charge in [0.25, 0.3) is 5.91 Å². The Hall–Kier alpha value is -2.28. The second-order valence-corrected chi connectivity index (χ2v) is 9.08. The monoisotopic (exact) mass is 455 g/mol. The molecule has 0 saturated carbocycles. The smallest absolute Gasteiger partial charge is 0.261 e. The summed E-state index contributed by atoms with van der Waals surface area (Å²) in [5.41, 5.74) is 1.43. The Labute approximate surface area is 193 Å². The average Bonchev–Trinajstić information content (AvgIpc) is 3.05. The van der Waals surface area contributed by atoms with Crippen molar-refractivity contribution in [2.45, 2.75) is 38.4 Å². The van der Waals surface area contributed by atoms with E-state index >= 15 is 0 Å². The predicted molar refractivity (Wildman–Crippen MR) is 128 cm³/mol. The van der Waals surface area contributed by atoms with E-state index in [4.69, 9.17) is 33.5 Å². The van der Waals surface area contributed by atoms with Crippen LogP contribution in [0, 0.1) is 0 Å². The van der Waals surface area contributed by atoms with E-state index in [1.54, 1.807) is 24.1 Å². The van der Waals surface area contributed by atoms with E-state index in [0.29, 0.717) is 33.1 Å². The van der Waals surface area contributed by atoms with Gasteiger partial charge in [0.1, 0.15) is 22.1 Å². The zero-order chi connectivity index (χ0) is 22.2. The summed E-state index contributed by atoms with van der Waals surface area (Å²) < 4.78 is 5.32. The maximum Gasteiger partial charge on any atom is 0.261 e. The van der Waals surface area contributed by atoms with Crippen molar-refractivity contribution in [2.75, 3.05) is 20.2 Å². The summed E-state index contributed by atoms with van der Waals surface area (Å²) in [5.74, 6) is 0.494. The predicted octanol–water partition coefficient (Wildman–Crippen LogP) is 4.82. The molecule has 0 aromatic heterocycles. The van der Waals surface area contributed by atoms with Crippen molar-refractivity contribution in [3.63, 3.8) is 0 Å². The van der Waals surface area contributed by atoms with Gasteiger partial charge in [-0.15, -0.1) is 0 Å². The number of hydrogen-bond donors (Lipinski definition) is 0. The molecule has 5 nitrogen and oxygen atoms in total. The molecule has 0 radical (unpaired) electrons. The normalized spacial score (nSPS) is 18.5. The lowest BCUT2D eigenvalue weighted by Crippen LogP contribution is -2.56. The molecule has 2 heterocycles. The largest absolute Gasteiger partial charge is 0.497 e. The summed E-state index contributed by atoms with van der Waals surface area (Å²) in [6.45, 7) is 6.11. The first-order valence-electron chi connectivity index (χ1n) is 10.5. The van der Waals surface area contributed by atoms with Gasteiger partial charge in [-0.25, -0.2) is 0 Å². The van der Waals surface area contributed by atoms with Crippen LogP contribution in [0.25, 0.3) is 0 Å². The molecule has 0 bridgehead atoms. The highest BCUT2D eigenvalue weighted by atomic mass is 35.5. The minimum atomic E-state index is -0.669. The topological polar surface area (TPSA) is 45.1 Å². The van der Waals surface area contributed by atoms with E-state index in [0.717, 1.165) is 31.5 Å². The van der Waals surface area contributed by atoms with Gasteiger partial charge in [-0.3, -0.25) is 14.7 Å². The third-order valence-electron chi connectivity index (χ3n) is 6.11. The highest BCUT2D eigenvalue weighted by molar-refractivity contribution is 7.82. The molecule has 4 rings (SSSR count). The number of benzene rings is 2. The quantitative estimate of drug-likeness (QED) is 0.620. The maximum absolute atomic E-state index is 13.7. The molecule has 0 unspecified atom stereocenters. The Bertz CT molecular complexity index is 1030. The van der Waals surface area contributed by atoms with Crippen LogP contribution >= 0.6 is 23.8 Å². The number of amides is 1. The molecule has 2 aliphatic heterocycles. The second kappa shape index (κ2) is 8.69. The highest BCUT2D eigenvalue weighted by Gasteiger charge is 2.50. The molecule has 2 aromatic carbocycles. The summed E-state index contributed by atoms with van der Waals surface area (Å²) in [7, 11) is 1.59. The van der Waals surface area contributed by atoms with Gasteiger partial charge in [-0.1, -0.05) is 42.0 Å².